The van der Waals surface area contributed by atoms with Gasteiger partial charge in [-0.3, -0.25) is 0 Å². The van der Waals surface area contributed by atoms with Crippen molar-refractivity contribution < 1.29 is 8.42 Å². The van der Waals surface area contributed by atoms with Gasteiger partial charge in [-0.05, 0) is 51.2 Å². The predicted octanol–water partition coefficient (Wildman–Crippen LogP) is 0.929. The van der Waals surface area contributed by atoms with Crippen LogP contribution in [-0.4, -0.2) is 46.5 Å². The minimum absolute atomic E-state index is 0.185. The molecule has 1 saturated heterocycles. The highest BCUT2D eigenvalue weighted by molar-refractivity contribution is 7.89. The van der Waals surface area contributed by atoms with Gasteiger partial charge in [0.25, 0.3) is 0 Å². The highest BCUT2D eigenvalue weighted by Gasteiger charge is 2.24. The molecule has 0 aliphatic carbocycles. The number of benzene rings is 1. The minimum Gasteiger partial charge on any atom is -0.397 e. The van der Waals surface area contributed by atoms with Crippen molar-refractivity contribution in [3.63, 3.8) is 0 Å². The molecule has 6 nitrogen and oxygen atoms in total. The van der Waals surface area contributed by atoms with Crippen molar-refractivity contribution in [1.82, 2.24) is 9.62 Å². The average molecular weight is 312 g/mol. The highest BCUT2D eigenvalue weighted by atomic mass is 32.2. The van der Waals surface area contributed by atoms with E-state index in [2.05, 4.69) is 28.9 Å². The summed E-state index contributed by atoms with van der Waals surface area (Å²) in [5, 5.41) is 3.45. The average Bonchev–Trinajstić information content (AvgIpc) is 2.43. The van der Waals surface area contributed by atoms with Crippen molar-refractivity contribution in [3.8, 4) is 0 Å². The van der Waals surface area contributed by atoms with Crippen molar-refractivity contribution in [2.45, 2.75) is 24.3 Å². The van der Waals surface area contributed by atoms with E-state index in [0.29, 0.717) is 17.6 Å². The molecule has 2 atom stereocenters. The van der Waals surface area contributed by atoms with Crippen molar-refractivity contribution >= 4 is 21.4 Å². The summed E-state index contributed by atoms with van der Waals surface area (Å²) in [7, 11) is 0.0573. The van der Waals surface area contributed by atoms with E-state index in [-0.39, 0.29) is 4.90 Å². The molecule has 1 fully saturated rings. The van der Waals surface area contributed by atoms with Gasteiger partial charge in [0.1, 0.15) is 0 Å². The molecular weight excluding hydrogens is 288 g/mol. The molecule has 1 heterocycles. The van der Waals surface area contributed by atoms with E-state index in [1.54, 1.807) is 12.1 Å². The smallest absolute Gasteiger partial charge is 0.240 e. The third kappa shape index (κ3) is 3.66. The van der Waals surface area contributed by atoms with Gasteiger partial charge in [-0.1, -0.05) is 6.92 Å². The molecule has 0 bridgehead atoms. The number of piperidine rings is 1. The van der Waals surface area contributed by atoms with Crippen molar-refractivity contribution in [1.29, 1.82) is 0 Å². The van der Waals surface area contributed by atoms with Gasteiger partial charge in [-0.15, -0.1) is 0 Å². The fourth-order valence-corrected chi connectivity index (χ4v) is 3.49. The Labute approximate surface area is 126 Å². The van der Waals surface area contributed by atoms with Crippen molar-refractivity contribution in [2.24, 2.45) is 5.92 Å². The number of nitrogen functional groups attached to an aromatic ring is 1. The fraction of sp³-hybridized carbons (Fsp3) is 0.571. The largest absolute Gasteiger partial charge is 0.397 e. The zero-order valence-electron chi connectivity index (χ0n) is 12.8. The summed E-state index contributed by atoms with van der Waals surface area (Å²) < 4.78 is 25.8. The Morgan fingerprint density at radius 3 is 2.67 bits per heavy atom. The summed E-state index contributed by atoms with van der Waals surface area (Å²) in [6, 6.07) is 5.16. The van der Waals surface area contributed by atoms with Gasteiger partial charge in [0, 0.05) is 12.6 Å². The lowest BCUT2D eigenvalue weighted by molar-refractivity contribution is 0.206. The lowest BCUT2D eigenvalue weighted by atomic mass is 9.94. The van der Waals surface area contributed by atoms with E-state index < -0.39 is 10.0 Å². The summed E-state index contributed by atoms with van der Waals surface area (Å²) in [6.07, 6.45) is 1.05. The molecule has 0 saturated carbocycles. The number of nitrogens with two attached hydrogens (primary N) is 1. The van der Waals surface area contributed by atoms with Gasteiger partial charge < -0.3 is 16.0 Å². The van der Waals surface area contributed by atoms with Crippen molar-refractivity contribution in [2.75, 3.05) is 38.2 Å². The van der Waals surface area contributed by atoms with Crippen LogP contribution in [0.4, 0.5) is 11.4 Å². The molecule has 0 spiro atoms. The lowest BCUT2D eigenvalue weighted by Crippen LogP contribution is -2.43. The summed E-state index contributed by atoms with van der Waals surface area (Å²) in [5.74, 6) is 0.517. The molecule has 2 unspecified atom stereocenters. The minimum atomic E-state index is -3.45. The molecule has 1 aromatic rings. The number of anilines is 2. The second kappa shape index (κ2) is 6.21. The fourth-order valence-electron chi connectivity index (χ4n) is 2.73. The van der Waals surface area contributed by atoms with E-state index in [1.165, 1.54) is 13.1 Å². The van der Waals surface area contributed by atoms with E-state index in [1.807, 2.05) is 0 Å². The monoisotopic (exact) mass is 312 g/mol. The SMILES string of the molecule is CNS(=O)(=O)c1ccc(NC2CCN(C)CC2C)c(N)c1. The van der Waals surface area contributed by atoms with Gasteiger partial charge >= 0.3 is 0 Å². The first-order valence-electron chi connectivity index (χ1n) is 7.11. The molecule has 1 aliphatic rings. The lowest BCUT2D eigenvalue weighted by Gasteiger charge is -2.36. The van der Waals surface area contributed by atoms with Crippen LogP contribution in [0, 0.1) is 5.92 Å². The number of nitrogens with zero attached hydrogens (tertiary/aromatic N) is 1. The second-order valence-corrected chi connectivity index (χ2v) is 7.62. The molecule has 2 rings (SSSR count). The molecule has 0 aromatic heterocycles. The van der Waals surface area contributed by atoms with E-state index in [4.69, 9.17) is 5.73 Å². The second-order valence-electron chi connectivity index (χ2n) is 5.74. The van der Waals surface area contributed by atoms with Gasteiger partial charge in [0.05, 0.1) is 16.3 Å². The van der Waals surface area contributed by atoms with E-state index in [9.17, 15) is 8.42 Å². The summed E-state index contributed by atoms with van der Waals surface area (Å²) >= 11 is 0. The molecule has 1 aromatic carbocycles. The quantitative estimate of drug-likeness (QED) is 0.720. The number of likely N-dealkylation sites (tertiary alicyclic amines) is 1. The zero-order valence-corrected chi connectivity index (χ0v) is 13.6. The van der Waals surface area contributed by atoms with Crippen LogP contribution in [-0.2, 0) is 10.0 Å². The van der Waals surface area contributed by atoms with Crippen LogP contribution in [0.15, 0.2) is 23.1 Å². The van der Waals surface area contributed by atoms with Crippen LogP contribution < -0.4 is 15.8 Å². The van der Waals surface area contributed by atoms with Crippen LogP contribution in [0.3, 0.4) is 0 Å². The maximum Gasteiger partial charge on any atom is 0.240 e. The van der Waals surface area contributed by atoms with Gasteiger partial charge in [0.15, 0.2) is 0 Å². The maximum absolute atomic E-state index is 11.8. The van der Waals surface area contributed by atoms with Crippen LogP contribution in [0.5, 0.6) is 0 Å². The molecule has 118 valence electrons. The standard InChI is InChI=1S/C14H24N4O2S/c1-10-9-18(3)7-6-13(10)17-14-5-4-11(8-12(14)15)21(19,20)16-2/h4-5,8,10,13,16-17H,6-7,9,15H2,1-3H3. The molecule has 21 heavy (non-hydrogen) atoms. The molecule has 0 amide bonds. The van der Waals surface area contributed by atoms with Crippen LogP contribution in [0.25, 0.3) is 0 Å². The molecule has 4 N–H and O–H groups in total. The molecular formula is C14H24N4O2S. The number of nitrogens with one attached hydrogen (secondary N) is 2. The maximum atomic E-state index is 11.8. The van der Waals surface area contributed by atoms with Gasteiger partial charge in [-0.25, -0.2) is 13.1 Å². The number of rotatable bonds is 4. The van der Waals surface area contributed by atoms with Gasteiger partial charge in [-0.2, -0.15) is 0 Å². The van der Waals surface area contributed by atoms with Crippen molar-refractivity contribution in [3.05, 3.63) is 18.2 Å². The first-order valence-corrected chi connectivity index (χ1v) is 8.60. The van der Waals surface area contributed by atoms with E-state index in [0.717, 1.165) is 25.2 Å². The summed E-state index contributed by atoms with van der Waals surface area (Å²) in [6.45, 7) is 4.31. The highest BCUT2D eigenvalue weighted by Crippen LogP contribution is 2.26. The zero-order chi connectivity index (χ0) is 15.6. The Morgan fingerprint density at radius 2 is 2.10 bits per heavy atom. The number of sulfonamides is 1. The number of hydrogen-bond acceptors (Lipinski definition) is 5. The first-order chi connectivity index (χ1) is 9.83. The summed E-state index contributed by atoms with van der Waals surface area (Å²) in [4.78, 5) is 2.50. The Kier molecular flexibility index (Phi) is 4.75. The first kappa shape index (κ1) is 16.1. The Morgan fingerprint density at radius 1 is 1.38 bits per heavy atom. The van der Waals surface area contributed by atoms with E-state index >= 15 is 0 Å². The molecule has 0 radical (unpaired) electrons. The normalized spacial score (nSPS) is 24.0. The Hall–Kier alpha value is -1.31. The summed E-state index contributed by atoms with van der Waals surface area (Å²) in [5.41, 5.74) is 7.25. The third-order valence-electron chi connectivity index (χ3n) is 4.05. The topological polar surface area (TPSA) is 87.5 Å². The van der Waals surface area contributed by atoms with Crippen LogP contribution in [0.2, 0.25) is 0 Å². The van der Waals surface area contributed by atoms with Crippen LogP contribution >= 0.6 is 0 Å². The Balaban J connectivity index is 2.15. The molecule has 7 heteroatoms. The van der Waals surface area contributed by atoms with Crippen LogP contribution in [0.1, 0.15) is 13.3 Å². The molecule has 1 aliphatic heterocycles. The number of hydrogen-bond donors (Lipinski definition) is 3. The Bertz CT molecular complexity index is 603. The van der Waals surface area contributed by atoms with Gasteiger partial charge in [0.2, 0.25) is 10.0 Å². The predicted molar refractivity (Wildman–Crippen MR) is 85.8 cm³/mol. The third-order valence-corrected chi connectivity index (χ3v) is 5.46.